The van der Waals surface area contributed by atoms with Crippen molar-refractivity contribution in [2.75, 3.05) is 13.2 Å². The predicted molar refractivity (Wildman–Crippen MR) is 166 cm³/mol. The maximum absolute atomic E-state index is 13.3. The van der Waals surface area contributed by atoms with Gasteiger partial charge in [0.25, 0.3) is 7.52 Å². The van der Waals surface area contributed by atoms with Crippen molar-refractivity contribution in [2.45, 2.75) is 124 Å². The van der Waals surface area contributed by atoms with Crippen LogP contribution in [0.3, 0.4) is 0 Å². The third kappa shape index (κ3) is 6.37. The van der Waals surface area contributed by atoms with Crippen molar-refractivity contribution in [3.63, 3.8) is 0 Å². The van der Waals surface area contributed by atoms with Crippen LogP contribution in [-0.4, -0.2) is 28.9 Å². The SMILES string of the molecule is CC(C)CCCC(C)C1CCC2C3CC=C4CC(OP(C)(=O)NCCCn5ccnc5)CC[C@]4(C)C3CC[C@]12C. The van der Waals surface area contributed by atoms with Crippen LogP contribution in [0.5, 0.6) is 0 Å². The summed E-state index contributed by atoms with van der Waals surface area (Å²) in [5, 5.41) is 3.24. The number of nitrogens with zero attached hydrogens (tertiary/aromatic N) is 2. The first-order valence-corrected chi connectivity index (χ1v) is 18.8. The minimum Gasteiger partial charge on any atom is -0.337 e. The van der Waals surface area contributed by atoms with E-state index < -0.39 is 7.52 Å². The van der Waals surface area contributed by atoms with E-state index in [9.17, 15) is 4.57 Å². The molecular formula is C34H58N3O2P. The molecule has 7 unspecified atom stereocenters. The third-order valence-electron chi connectivity index (χ3n) is 12.2. The quantitative estimate of drug-likeness (QED) is 0.154. The van der Waals surface area contributed by atoms with Gasteiger partial charge in [0.1, 0.15) is 0 Å². The molecule has 0 aromatic carbocycles. The summed E-state index contributed by atoms with van der Waals surface area (Å²) in [6, 6.07) is 0. The Morgan fingerprint density at radius 1 is 1.10 bits per heavy atom. The van der Waals surface area contributed by atoms with E-state index in [0.717, 1.165) is 61.3 Å². The zero-order valence-corrected chi connectivity index (χ0v) is 27.3. The molecule has 3 fully saturated rings. The van der Waals surface area contributed by atoms with E-state index >= 15 is 0 Å². The van der Waals surface area contributed by atoms with Gasteiger partial charge in [0.15, 0.2) is 0 Å². The average molecular weight is 572 g/mol. The Morgan fingerprint density at radius 3 is 2.67 bits per heavy atom. The Morgan fingerprint density at radius 2 is 1.93 bits per heavy atom. The highest BCUT2D eigenvalue weighted by Gasteiger charge is 2.59. The highest BCUT2D eigenvalue weighted by atomic mass is 31.2. The van der Waals surface area contributed by atoms with Gasteiger partial charge in [-0.2, -0.15) is 0 Å². The van der Waals surface area contributed by atoms with Gasteiger partial charge in [-0.3, -0.25) is 4.57 Å². The smallest absolute Gasteiger partial charge is 0.267 e. The first-order valence-electron chi connectivity index (χ1n) is 16.7. The molecular weight excluding hydrogens is 513 g/mol. The maximum atomic E-state index is 13.3. The number of allylic oxidation sites excluding steroid dienone is 1. The van der Waals surface area contributed by atoms with E-state index in [1.807, 2.05) is 12.5 Å². The molecule has 5 nitrogen and oxygen atoms in total. The van der Waals surface area contributed by atoms with Crippen LogP contribution < -0.4 is 5.09 Å². The Bertz CT molecular complexity index is 1050. The molecule has 0 saturated heterocycles. The topological polar surface area (TPSA) is 56.1 Å². The van der Waals surface area contributed by atoms with Crippen LogP contribution in [0.15, 0.2) is 30.4 Å². The van der Waals surface area contributed by atoms with Gasteiger partial charge in [0.05, 0.1) is 12.4 Å². The average Bonchev–Trinajstić information content (AvgIpc) is 3.54. The van der Waals surface area contributed by atoms with Crippen molar-refractivity contribution in [3.8, 4) is 0 Å². The van der Waals surface area contributed by atoms with Gasteiger partial charge in [0, 0.05) is 32.1 Å². The van der Waals surface area contributed by atoms with E-state index in [2.05, 4.69) is 55.3 Å². The van der Waals surface area contributed by atoms with Gasteiger partial charge in [-0.1, -0.05) is 65.5 Å². The molecule has 6 heteroatoms. The molecule has 1 aromatic heterocycles. The fourth-order valence-electron chi connectivity index (χ4n) is 10.0. The van der Waals surface area contributed by atoms with Gasteiger partial charge in [-0.05, 0) is 104 Å². The lowest BCUT2D eigenvalue weighted by Gasteiger charge is -2.58. The Balaban J connectivity index is 1.17. The van der Waals surface area contributed by atoms with Crippen LogP contribution in [0.1, 0.15) is 112 Å². The molecule has 1 heterocycles. The standard InChI is InChI=1S/C34H58N3O2P/c1-25(2)9-7-10-26(3)30-13-14-31-29-12-11-27-23-28(15-17-33(27,4)32(29)16-18-34(30,31)5)39-40(6,38)36-19-8-21-37-22-20-35-24-37/h11,20,22,24-26,28-32H,7-10,12-19,21,23H2,1-6H3,(H,36,38)/t26?,28?,29?,30?,31?,32?,33-,34+,40?/m0/s1. The zero-order chi connectivity index (χ0) is 28.5. The predicted octanol–water partition coefficient (Wildman–Crippen LogP) is 9.11. The number of rotatable bonds is 12. The minimum absolute atomic E-state index is 0.0734. The Labute approximate surface area is 245 Å². The monoisotopic (exact) mass is 571 g/mol. The molecule has 0 spiro atoms. The molecule has 4 aliphatic rings. The molecule has 0 aliphatic heterocycles. The summed E-state index contributed by atoms with van der Waals surface area (Å²) in [5.41, 5.74) is 2.46. The van der Waals surface area contributed by atoms with Crippen LogP contribution in [0.4, 0.5) is 0 Å². The van der Waals surface area contributed by atoms with Gasteiger partial charge in [-0.25, -0.2) is 10.1 Å². The lowest BCUT2D eigenvalue weighted by molar-refractivity contribution is -0.0558. The summed E-state index contributed by atoms with van der Waals surface area (Å²) in [6.45, 7) is 15.9. The molecule has 0 bridgehead atoms. The molecule has 1 aromatic rings. The summed E-state index contributed by atoms with van der Waals surface area (Å²) >= 11 is 0. The largest absolute Gasteiger partial charge is 0.337 e. The molecule has 4 aliphatic carbocycles. The minimum atomic E-state index is -2.82. The molecule has 3 saturated carbocycles. The van der Waals surface area contributed by atoms with Crippen LogP contribution >= 0.6 is 7.52 Å². The Hall–Kier alpha value is -0.900. The van der Waals surface area contributed by atoms with Gasteiger partial charge in [0.2, 0.25) is 0 Å². The van der Waals surface area contributed by atoms with Gasteiger partial charge in [-0.15, -0.1) is 0 Å². The highest BCUT2D eigenvalue weighted by Crippen LogP contribution is 2.67. The zero-order valence-electron chi connectivity index (χ0n) is 26.4. The molecule has 9 atom stereocenters. The Kier molecular flexibility index (Phi) is 9.45. The van der Waals surface area contributed by atoms with Crippen molar-refractivity contribution in [3.05, 3.63) is 30.4 Å². The van der Waals surface area contributed by atoms with Crippen molar-refractivity contribution >= 4 is 7.52 Å². The number of hydrogen-bond acceptors (Lipinski definition) is 3. The molecule has 5 rings (SSSR count). The first-order chi connectivity index (χ1) is 19.0. The van der Waals surface area contributed by atoms with E-state index in [0.29, 0.717) is 17.4 Å². The van der Waals surface area contributed by atoms with E-state index in [-0.39, 0.29) is 6.10 Å². The maximum Gasteiger partial charge on any atom is 0.267 e. The second kappa shape index (κ2) is 12.4. The lowest BCUT2D eigenvalue weighted by atomic mass is 9.47. The molecule has 1 N–H and O–H groups in total. The summed E-state index contributed by atoms with van der Waals surface area (Å²) in [6.07, 6.45) is 23.6. The number of fused-ring (bicyclic) bond motifs is 5. The summed E-state index contributed by atoms with van der Waals surface area (Å²) in [7, 11) is -2.82. The highest BCUT2D eigenvalue weighted by molar-refractivity contribution is 7.56. The number of hydrogen-bond donors (Lipinski definition) is 1. The van der Waals surface area contributed by atoms with Crippen molar-refractivity contribution < 1.29 is 9.09 Å². The summed E-state index contributed by atoms with van der Waals surface area (Å²) < 4.78 is 21.6. The van der Waals surface area contributed by atoms with Gasteiger partial charge < -0.3 is 9.09 Å². The number of aromatic nitrogens is 2. The van der Waals surface area contributed by atoms with Crippen molar-refractivity contribution in [1.29, 1.82) is 0 Å². The number of imidazole rings is 1. The van der Waals surface area contributed by atoms with Gasteiger partial charge >= 0.3 is 0 Å². The van der Waals surface area contributed by atoms with Crippen LogP contribution in [0, 0.1) is 46.3 Å². The van der Waals surface area contributed by atoms with E-state index in [4.69, 9.17) is 4.52 Å². The number of aryl methyl sites for hydroxylation is 1. The third-order valence-corrected chi connectivity index (χ3v) is 13.7. The second-order valence-corrected chi connectivity index (χ2v) is 17.4. The van der Waals surface area contributed by atoms with E-state index in [1.165, 1.54) is 57.8 Å². The lowest BCUT2D eigenvalue weighted by Crippen LogP contribution is -2.51. The summed E-state index contributed by atoms with van der Waals surface area (Å²) in [4.78, 5) is 4.09. The van der Waals surface area contributed by atoms with Crippen LogP contribution in [0.2, 0.25) is 0 Å². The molecule has 0 amide bonds. The van der Waals surface area contributed by atoms with Crippen LogP contribution in [-0.2, 0) is 15.6 Å². The normalized spacial score (nSPS) is 37.8. The number of nitrogens with one attached hydrogen (secondary N) is 1. The first kappa shape index (κ1) is 30.6. The van der Waals surface area contributed by atoms with E-state index in [1.54, 1.807) is 18.4 Å². The molecule has 226 valence electrons. The molecule has 0 radical (unpaired) electrons. The fraction of sp³-hybridized carbons (Fsp3) is 0.853. The second-order valence-electron chi connectivity index (χ2n) is 15.2. The van der Waals surface area contributed by atoms with Crippen LogP contribution in [0.25, 0.3) is 0 Å². The summed E-state index contributed by atoms with van der Waals surface area (Å²) in [5.74, 6) is 5.18. The fourth-order valence-corrected chi connectivity index (χ4v) is 11.4. The van der Waals surface area contributed by atoms with Crippen molar-refractivity contribution in [2.24, 2.45) is 46.3 Å². The van der Waals surface area contributed by atoms with Crippen molar-refractivity contribution in [1.82, 2.24) is 14.6 Å². The molecule has 40 heavy (non-hydrogen) atoms.